The molecule has 2 atom stereocenters. The third kappa shape index (κ3) is 3.80. The summed E-state index contributed by atoms with van der Waals surface area (Å²) in [4.78, 5) is 14.9. The molecule has 0 radical (unpaired) electrons. The van der Waals surface area contributed by atoms with E-state index in [2.05, 4.69) is 4.89 Å². The Hall–Kier alpha value is -0.450. The molecule has 4 nitrogen and oxygen atoms in total. The van der Waals surface area contributed by atoms with Crippen molar-refractivity contribution in [2.75, 3.05) is 0 Å². The quantitative estimate of drug-likeness (QED) is 0.467. The van der Waals surface area contributed by atoms with Gasteiger partial charge >= 0.3 is 0 Å². The summed E-state index contributed by atoms with van der Waals surface area (Å²) in [5.74, 6) is -0.0263. The van der Waals surface area contributed by atoms with Gasteiger partial charge < -0.3 is 5.11 Å². The van der Waals surface area contributed by atoms with Crippen LogP contribution in [0.15, 0.2) is 0 Å². The second-order valence-corrected chi connectivity index (χ2v) is 2.72. The Kier molecular flexibility index (Phi) is 5.88. The molecule has 0 aliphatic heterocycles. The highest BCUT2D eigenvalue weighted by Crippen LogP contribution is 2.08. The van der Waals surface area contributed by atoms with Gasteiger partial charge in [-0.3, -0.25) is 10.1 Å². The molecule has 0 saturated carbocycles. The van der Waals surface area contributed by atoms with Crippen LogP contribution < -0.4 is 0 Å². The lowest BCUT2D eigenvalue weighted by Gasteiger charge is -2.17. The molecule has 0 aliphatic carbocycles. The zero-order valence-electron chi connectivity index (χ0n) is 7.49. The Morgan fingerprint density at radius 3 is 2.42 bits per heavy atom. The van der Waals surface area contributed by atoms with E-state index < -0.39 is 12.2 Å². The van der Waals surface area contributed by atoms with Gasteiger partial charge in [-0.2, -0.15) is 0 Å². The van der Waals surface area contributed by atoms with E-state index in [0.29, 0.717) is 12.8 Å². The van der Waals surface area contributed by atoms with E-state index in [9.17, 15) is 9.90 Å². The second-order valence-electron chi connectivity index (χ2n) is 2.72. The first kappa shape index (κ1) is 11.6. The van der Waals surface area contributed by atoms with Gasteiger partial charge in [0.25, 0.3) is 0 Å². The summed E-state index contributed by atoms with van der Waals surface area (Å²) in [7, 11) is 0. The fourth-order valence-electron chi connectivity index (χ4n) is 0.875. The minimum atomic E-state index is -0.776. The SMILES string of the molecule is CCC(=O)CC(OO)C(O)CC. The van der Waals surface area contributed by atoms with E-state index in [0.717, 1.165) is 0 Å². The Balaban J connectivity index is 3.90. The van der Waals surface area contributed by atoms with E-state index in [1.165, 1.54) is 0 Å². The average molecular weight is 176 g/mol. The fraction of sp³-hybridized carbons (Fsp3) is 0.875. The first-order valence-electron chi connectivity index (χ1n) is 4.15. The number of carbonyl (C=O) groups excluding carboxylic acids is 1. The number of aliphatic hydroxyl groups is 1. The molecule has 72 valence electrons. The van der Waals surface area contributed by atoms with Crippen LogP contribution in [-0.4, -0.2) is 28.4 Å². The zero-order chi connectivity index (χ0) is 9.56. The zero-order valence-corrected chi connectivity index (χ0v) is 7.49. The van der Waals surface area contributed by atoms with Crippen LogP contribution in [0, 0.1) is 0 Å². The molecule has 2 unspecified atom stereocenters. The van der Waals surface area contributed by atoms with Crippen molar-refractivity contribution in [1.29, 1.82) is 0 Å². The molecule has 4 heteroatoms. The molecule has 0 aromatic heterocycles. The standard InChI is InChI=1S/C8H16O4/c1-3-6(9)5-8(12-11)7(10)4-2/h7-8,10-11H,3-5H2,1-2H3. The van der Waals surface area contributed by atoms with Crippen molar-refractivity contribution in [3.8, 4) is 0 Å². The smallest absolute Gasteiger partial charge is 0.135 e. The highest BCUT2D eigenvalue weighted by molar-refractivity contribution is 5.78. The lowest BCUT2D eigenvalue weighted by Crippen LogP contribution is -2.29. The lowest BCUT2D eigenvalue weighted by molar-refractivity contribution is -0.296. The number of hydrogen-bond donors (Lipinski definition) is 2. The molecule has 0 spiro atoms. The van der Waals surface area contributed by atoms with Crippen molar-refractivity contribution >= 4 is 5.78 Å². The predicted molar refractivity (Wildman–Crippen MR) is 43.7 cm³/mol. The summed E-state index contributed by atoms with van der Waals surface area (Å²) >= 11 is 0. The number of aliphatic hydroxyl groups excluding tert-OH is 1. The minimum absolute atomic E-state index is 0.0263. The Bertz CT molecular complexity index is 135. The van der Waals surface area contributed by atoms with Crippen LogP contribution in [-0.2, 0) is 9.68 Å². The van der Waals surface area contributed by atoms with Gasteiger partial charge in [-0.25, -0.2) is 4.89 Å². The molecule has 12 heavy (non-hydrogen) atoms. The fourth-order valence-corrected chi connectivity index (χ4v) is 0.875. The van der Waals surface area contributed by atoms with E-state index >= 15 is 0 Å². The van der Waals surface area contributed by atoms with Crippen LogP contribution in [0.2, 0.25) is 0 Å². The number of hydrogen-bond acceptors (Lipinski definition) is 4. The van der Waals surface area contributed by atoms with Gasteiger partial charge in [-0.1, -0.05) is 13.8 Å². The Morgan fingerprint density at radius 2 is 2.08 bits per heavy atom. The van der Waals surface area contributed by atoms with Crippen LogP contribution in [0.1, 0.15) is 33.1 Å². The molecule has 0 rings (SSSR count). The normalized spacial score (nSPS) is 15.7. The van der Waals surface area contributed by atoms with Crippen molar-refractivity contribution in [2.24, 2.45) is 0 Å². The van der Waals surface area contributed by atoms with Crippen molar-refractivity contribution in [1.82, 2.24) is 0 Å². The van der Waals surface area contributed by atoms with Gasteiger partial charge in [-0.05, 0) is 6.42 Å². The van der Waals surface area contributed by atoms with Crippen LogP contribution in [0.3, 0.4) is 0 Å². The molecule has 0 aliphatic rings. The van der Waals surface area contributed by atoms with Gasteiger partial charge in [-0.15, -0.1) is 0 Å². The first-order valence-corrected chi connectivity index (χ1v) is 4.15. The summed E-state index contributed by atoms with van der Waals surface area (Å²) < 4.78 is 0. The molecule has 0 fully saturated rings. The highest BCUT2D eigenvalue weighted by Gasteiger charge is 2.20. The lowest BCUT2D eigenvalue weighted by atomic mass is 10.0. The third-order valence-electron chi connectivity index (χ3n) is 1.81. The van der Waals surface area contributed by atoms with E-state index in [1.807, 2.05) is 0 Å². The van der Waals surface area contributed by atoms with E-state index in [-0.39, 0.29) is 12.2 Å². The summed E-state index contributed by atoms with van der Waals surface area (Å²) in [6.45, 7) is 3.49. The van der Waals surface area contributed by atoms with Crippen molar-refractivity contribution in [3.05, 3.63) is 0 Å². The summed E-state index contributed by atoms with van der Waals surface area (Å²) in [6, 6.07) is 0. The summed E-state index contributed by atoms with van der Waals surface area (Å²) in [5, 5.41) is 17.6. The van der Waals surface area contributed by atoms with Gasteiger partial charge in [0.2, 0.25) is 0 Å². The van der Waals surface area contributed by atoms with Crippen molar-refractivity contribution in [3.63, 3.8) is 0 Å². The molecule has 2 N–H and O–H groups in total. The number of Topliss-reactive ketones (excluding diaryl/α,β-unsaturated/α-hetero) is 1. The molecule has 0 aromatic carbocycles. The molecule has 0 amide bonds. The van der Waals surface area contributed by atoms with Crippen molar-refractivity contribution in [2.45, 2.75) is 45.3 Å². The van der Waals surface area contributed by atoms with Crippen LogP contribution in [0.5, 0.6) is 0 Å². The van der Waals surface area contributed by atoms with Crippen LogP contribution in [0.25, 0.3) is 0 Å². The van der Waals surface area contributed by atoms with Crippen molar-refractivity contribution < 1.29 is 20.0 Å². The van der Waals surface area contributed by atoms with E-state index in [4.69, 9.17) is 5.26 Å². The van der Waals surface area contributed by atoms with Gasteiger partial charge in [0.05, 0.1) is 6.10 Å². The second kappa shape index (κ2) is 6.11. The van der Waals surface area contributed by atoms with Gasteiger partial charge in [0.15, 0.2) is 0 Å². The third-order valence-corrected chi connectivity index (χ3v) is 1.81. The maximum Gasteiger partial charge on any atom is 0.135 e. The van der Waals surface area contributed by atoms with Crippen LogP contribution in [0.4, 0.5) is 0 Å². The van der Waals surface area contributed by atoms with Gasteiger partial charge in [0.1, 0.15) is 11.9 Å². The molecular weight excluding hydrogens is 160 g/mol. The molecule has 0 aromatic rings. The molecule has 0 bridgehead atoms. The van der Waals surface area contributed by atoms with Crippen LogP contribution >= 0.6 is 0 Å². The average Bonchev–Trinajstić information content (AvgIpc) is 2.12. The number of rotatable bonds is 6. The largest absolute Gasteiger partial charge is 0.390 e. The summed E-state index contributed by atoms with van der Waals surface area (Å²) in [6.07, 6.45) is -0.617. The first-order chi connectivity index (χ1) is 5.65. The monoisotopic (exact) mass is 176 g/mol. The minimum Gasteiger partial charge on any atom is -0.390 e. The predicted octanol–water partition coefficient (Wildman–Crippen LogP) is 0.985. The maximum absolute atomic E-state index is 10.9. The van der Waals surface area contributed by atoms with Gasteiger partial charge in [0, 0.05) is 12.8 Å². The molecule has 0 saturated heterocycles. The topological polar surface area (TPSA) is 66.8 Å². The number of carbonyl (C=O) groups is 1. The highest BCUT2D eigenvalue weighted by atomic mass is 17.1. The Labute approximate surface area is 72.1 Å². The molecular formula is C8H16O4. The van der Waals surface area contributed by atoms with E-state index in [1.54, 1.807) is 13.8 Å². The molecule has 0 heterocycles. The maximum atomic E-state index is 10.9. The summed E-state index contributed by atoms with van der Waals surface area (Å²) in [5.41, 5.74) is 0. The number of ketones is 1. The Morgan fingerprint density at radius 1 is 1.50 bits per heavy atom.